The number of carbonyl (C=O) groups excluding carboxylic acids is 2. The average Bonchev–Trinajstić information content (AvgIpc) is 2.18. The van der Waals surface area contributed by atoms with Crippen LogP contribution in [0, 0.1) is 46.3 Å². The van der Waals surface area contributed by atoms with Gasteiger partial charge in [-0.2, -0.15) is 0 Å². The number of ketones is 1. The number of Topliss-reactive ketones (excluding diaryl/α,β-unsaturated/α-hetero) is 1. The lowest BCUT2D eigenvalue weighted by Gasteiger charge is -2.58. The Kier molecular flexibility index (Phi) is 36.3. The highest BCUT2D eigenvalue weighted by atomic mass is 31.2. The molecular formula is C60H112NO20P3. The second-order valence-electron chi connectivity index (χ2n) is 24.8. The molecule has 5 N–H and O–H groups in total. The van der Waals surface area contributed by atoms with Crippen molar-refractivity contribution < 1.29 is 94.1 Å². The van der Waals surface area contributed by atoms with Crippen LogP contribution in [0.4, 0.5) is 4.79 Å². The number of phosphoric ester groups is 2. The summed E-state index contributed by atoms with van der Waals surface area (Å²) in [6.07, 6.45) is 25.3. The van der Waals surface area contributed by atoms with Crippen molar-refractivity contribution in [2.75, 3.05) is 105 Å². The number of ether oxygens (including phenoxy) is 6. The number of unbranched alkanes of at least 4 members (excludes halogenated alkanes) is 8. The smallest absolute Gasteiger partial charge is 0.446 e. The first-order chi connectivity index (χ1) is 40.1. The molecule has 4 unspecified atom stereocenters. The normalized spacial score (nSPS) is 26.0. The van der Waals surface area contributed by atoms with Gasteiger partial charge in [-0.05, 0) is 123 Å². The van der Waals surface area contributed by atoms with Gasteiger partial charge in [0.05, 0.1) is 72.7 Å². The van der Waals surface area contributed by atoms with Crippen molar-refractivity contribution in [3.05, 3.63) is 11.6 Å². The largest absolute Gasteiger partial charge is 0.474 e. The van der Waals surface area contributed by atoms with Crippen LogP contribution in [0.1, 0.15) is 196 Å². The van der Waals surface area contributed by atoms with E-state index in [0.29, 0.717) is 83.7 Å². The molecule has 24 heteroatoms. The first-order valence-electron chi connectivity index (χ1n) is 32.0. The van der Waals surface area contributed by atoms with E-state index < -0.39 is 42.7 Å². The molecule has 4 rings (SSSR count). The highest BCUT2D eigenvalue weighted by Crippen LogP contribution is 2.67. The number of alkyl carbamates (subject to hydrolysis) is 1. The number of allylic oxidation sites excluding steroid dienone is 1. The van der Waals surface area contributed by atoms with E-state index in [2.05, 4.69) is 55.1 Å². The molecule has 0 saturated heterocycles. The van der Waals surface area contributed by atoms with Gasteiger partial charge in [-0.25, -0.2) is 13.9 Å². The average molecular weight is 1260 g/mol. The third kappa shape index (κ3) is 29.2. The van der Waals surface area contributed by atoms with E-state index in [1.54, 1.807) is 6.92 Å². The van der Waals surface area contributed by atoms with Crippen molar-refractivity contribution in [3.63, 3.8) is 0 Å². The fourth-order valence-corrected chi connectivity index (χ4v) is 15.3. The van der Waals surface area contributed by atoms with Crippen LogP contribution in [0.2, 0.25) is 0 Å². The van der Waals surface area contributed by atoms with E-state index in [9.17, 15) is 43.1 Å². The minimum absolute atomic E-state index is 0.0676. The van der Waals surface area contributed by atoms with Crippen LogP contribution in [-0.2, 0) is 69.5 Å². The zero-order chi connectivity index (χ0) is 61.3. The van der Waals surface area contributed by atoms with E-state index in [0.717, 1.165) is 106 Å². The summed E-state index contributed by atoms with van der Waals surface area (Å²) in [4.78, 5) is 54.1. The number of phosphoric acid groups is 2. The van der Waals surface area contributed by atoms with Crippen molar-refractivity contribution in [2.45, 2.75) is 208 Å². The Bertz CT molecular complexity index is 2020. The molecule has 0 aromatic rings. The number of carbonyl (C=O) groups is 2. The first kappa shape index (κ1) is 75.3. The van der Waals surface area contributed by atoms with Gasteiger partial charge in [-0.3, -0.25) is 27.5 Å². The Balaban J connectivity index is 0.876. The SMILES string of the molecule is CCP(=O)(O)OCCCCCCCCCCC(=O)CCCCOCC(O)COP(=O)(O)OCOP(=O)(O)OCCOCCOCCOCCOCCCNC(=O)O[C@H]1CC[C@@]2(C)C(=CC[C@H]3[C@@H]4CC[C@H]([C@H](C)CCCC(C)C)[C@@]4(C)CC[C@@H]32)C1. The van der Waals surface area contributed by atoms with Crippen molar-refractivity contribution in [1.82, 2.24) is 5.32 Å². The Morgan fingerprint density at radius 3 is 1.86 bits per heavy atom. The van der Waals surface area contributed by atoms with Crippen LogP contribution in [0.3, 0.4) is 0 Å². The summed E-state index contributed by atoms with van der Waals surface area (Å²) < 4.78 is 92.6. The predicted octanol–water partition coefficient (Wildman–Crippen LogP) is 12.7. The molecule has 3 fully saturated rings. The Morgan fingerprint density at radius 2 is 1.20 bits per heavy atom. The number of hydrogen-bond acceptors (Lipinski definition) is 17. The zero-order valence-electron chi connectivity index (χ0n) is 52.1. The quantitative estimate of drug-likeness (QED) is 0.0164. The molecule has 0 radical (unpaired) electrons. The highest BCUT2D eigenvalue weighted by Gasteiger charge is 2.59. The molecule has 0 bridgehead atoms. The van der Waals surface area contributed by atoms with Gasteiger partial charge in [0.2, 0.25) is 0 Å². The highest BCUT2D eigenvalue weighted by molar-refractivity contribution is 7.52. The number of hydrogen-bond donors (Lipinski definition) is 5. The summed E-state index contributed by atoms with van der Waals surface area (Å²) in [6.45, 7) is 15.1. The van der Waals surface area contributed by atoms with Gasteiger partial charge in [0.15, 0.2) is 6.79 Å². The van der Waals surface area contributed by atoms with Gasteiger partial charge in [-0.1, -0.05) is 111 Å². The Labute approximate surface area is 503 Å². The van der Waals surface area contributed by atoms with E-state index in [1.165, 1.54) is 56.9 Å². The standard InChI is InChI=1S/C60H112NO20P3/c1-7-82(65,66)76-35-16-13-11-9-8-10-12-14-22-51(62)23-15-17-33-75-45-52(63)46-78-84(69,70)80-47-79-83(67,68)77-43-42-74-41-40-73-39-38-72-37-36-71-34-19-32-61-58(64)81-53-28-30-59(5)50(44-53)24-25-54-56-27-26-55(49(4)21-18-20-48(2)3)60(56,6)31-29-57(54)59/h24,48-49,52-57,63H,7-23,25-47H2,1-6H3,(H,61,64)(H,65,66)(H,67,68)(H,69,70)/t49-,52?,53+,54+,55-,56+,57+,59+,60-/m1/s1. The minimum Gasteiger partial charge on any atom is -0.446 e. The number of aliphatic hydroxyl groups excluding tert-OH is 1. The molecule has 4 aliphatic rings. The number of nitrogens with one attached hydrogen (secondary N) is 1. The van der Waals surface area contributed by atoms with E-state index in [1.807, 2.05) is 0 Å². The van der Waals surface area contributed by atoms with Gasteiger partial charge >= 0.3 is 29.3 Å². The molecule has 21 nitrogen and oxygen atoms in total. The third-order valence-corrected chi connectivity index (χ3v) is 21.3. The summed E-state index contributed by atoms with van der Waals surface area (Å²) in [6, 6.07) is 0. The van der Waals surface area contributed by atoms with Gasteiger partial charge in [-0.15, -0.1) is 0 Å². The summed E-state index contributed by atoms with van der Waals surface area (Å²) in [5.41, 5.74) is 2.22. The van der Waals surface area contributed by atoms with Crippen LogP contribution < -0.4 is 5.32 Å². The number of fused-ring (bicyclic) bond motifs is 5. The molecule has 4 aliphatic carbocycles. The van der Waals surface area contributed by atoms with Crippen LogP contribution in [0.25, 0.3) is 0 Å². The summed E-state index contributed by atoms with van der Waals surface area (Å²) >= 11 is 0. The lowest BCUT2D eigenvalue weighted by molar-refractivity contribution is -0.119. The van der Waals surface area contributed by atoms with Gasteiger partial charge in [0.1, 0.15) is 18.0 Å². The molecule has 84 heavy (non-hydrogen) atoms. The fourth-order valence-electron chi connectivity index (χ4n) is 13.4. The molecule has 0 aromatic heterocycles. The van der Waals surface area contributed by atoms with Crippen LogP contribution in [0.15, 0.2) is 11.6 Å². The molecular weight excluding hydrogens is 1150 g/mol. The topological polar surface area (TPSA) is 280 Å². The summed E-state index contributed by atoms with van der Waals surface area (Å²) in [5, 5.41) is 13.0. The van der Waals surface area contributed by atoms with E-state index in [4.69, 9.17) is 42.0 Å². The second kappa shape index (κ2) is 40.5. The zero-order valence-corrected chi connectivity index (χ0v) is 54.8. The van der Waals surface area contributed by atoms with Gasteiger partial charge in [0.25, 0.3) is 0 Å². The number of rotatable bonds is 50. The van der Waals surface area contributed by atoms with Crippen molar-refractivity contribution in [3.8, 4) is 0 Å². The predicted molar refractivity (Wildman–Crippen MR) is 321 cm³/mol. The third-order valence-electron chi connectivity index (χ3n) is 18.1. The molecule has 0 spiro atoms. The van der Waals surface area contributed by atoms with Crippen LogP contribution in [0.5, 0.6) is 0 Å². The summed E-state index contributed by atoms with van der Waals surface area (Å²) in [5.74, 6) is 5.02. The second-order valence-corrected chi connectivity index (χ2v) is 29.9. The van der Waals surface area contributed by atoms with Gasteiger partial charge in [0, 0.05) is 45.2 Å². The molecule has 1 amide bonds. The molecule has 0 heterocycles. The van der Waals surface area contributed by atoms with E-state index >= 15 is 0 Å². The molecule has 12 atom stereocenters. The molecule has 3 saturated carbocycles. The molecule has 0 aliphatic heterocycles. The fraction of sp³-hybridized carbons (Fsp3) is 0.933. The van der Waals surface area contributed by atoms with E-state index in [-0.39, 0.29) is 69.2 Å². The van der Waals surface area contributed by atoms with Crippen molar-refractivity contribution in [2.24, 2.45) is 46.3 Å². The number of aliphatic hydroxyl groups is 1. The minimum atomic E-state index is -4.76. The van der Waals surface area contributed by atoms with Crippen molar-refractivity contribution >= 4 is 35.1 Å². The van der Waals surface area contributed by atoms with Gasteiger partial charge < -0.3 is 58.0 Å². The number of amides is 1. The maximum Gasteiger partial charge on any atom is 0.474 e. The summed E-state index contributed by atoms with van der Waals surface area (Å²) in [7, 11) is -12.8. The van der Waals surface area contributed by atoms with Crippen LogP contribution >= 0.6 is 23.2 Å². The Hall–Kier alpha value is -1.19. The Morgan fingerprint density at radius 1 is 0.619 bits per heavy atom. The first-order valence-corrected chi connectivity index (χ1v) is 36.8. The molecule has 492 valence electrons. The van der Waals surface area contributed by atoms with Crippen LogP contribution in [-0.4, -0.2) is 149 Å². The lowest BCUT2D eigenvalue weighted by Crippen LogP contribution is -2.51. The monoisotopic (exact) mass is 1260 g/mol. The maximum absolute atomic E-state index is 12.8. The maximum atomic E-state index is 12.8. The molecule has 0 aromatic carbocycles. The lowest BCUT2D eigenvalue weighted by atomic mass is 9.47. The van der Waals surface area contributed by atoms with Crippen molar-refractivity contribution in [1.29, 1.82) is 0 Å².